The Hall–Kier alpha value is -3.87. The lowest BCUT2D eigenvalue weighted by atomic mass is 9.96. The zero-order valence-corrected chi connectivity index (χ0v) is 22.5. The summed E-state index contributed by atoms with van der Waals surface area (Å²) in [6.07, 6.45) is 2.54. The van der Waals surface area contributed by atoms with Gasteiger partial charge in [-0.3, -0.25) is 19.4 Å². The fourth-order valence-corrected chi connectivity index (χ4v) is 4.24. The maximum atomic E-state index is 13.4. The number of hydrogen-bond acceptors (Lipinski definition) is 7. The highest BCUT2D eigenvalue weighted by atomic mass is 16.4. The van der Waals surface area contributed by atoms with E-state index < -0.39 is 35.9 Å². The molecule has 5 unspecified atom stereocenters. The third-order valence-electron chi connectivity index (χ3n) is 6.74. The van der Waals surface area contributed by atoms with Crippen molar-refractivity contribution in [3.8, 4) is 5.75 Å². The van der Waals surface area contributed by atoms with Crippen LogP contribution < -0.4 is 32.7 Å². The number of guanidine groups is 1. The van der Waals surface area contributed by atoms with E-state index in [1.165, 1.54) is 12.1 Å². The van der Waals surface area contributed by atoms with Crippen LogP contribution in [0, 0.1) is 5.92 Å². The Labute approximate surface area is 228 Å². The first-order valence-electron chi connectivity index (χ1n) is 13.2. The van der Waals surface area contributed by atoms with Crippen LogP contribution in [0.5, 0.6) is 5.75 Å². The third-order valence-corrected chi connectivity index (χ3v) is 6.74. The Kier molecular flexibility index (Phi) is 12.5. The van der Waals surface area contributed by atoms with Crippen molar-refractivity contribution in [1.82, 2.24) is 21.3 Å². The Balaban J connectivity index is 2.20. The van der Waals surface area contributed by atoms with E-state index in [0.29, 0.717) is 24.8 Å². The van der Waals surface area contributed by atoms with Gasteiger partial charge in [-0.15, -0.1) is 0 Å². The summed E-state index contributed by atoms with van der Waals surface area (Å²) in [5.74, 6) is -3.07. The topological polar surface area (TPSA) is 221 Å². The standard InChI is InChI=1S/C26H41N7O6/c1-3-15(2)21(33-22(35)18-6-4-12-29-18)24(37)32-20(14-16-8-10-17(34)11-9-16)23(36)31-19(25(38)39)7-5-13-30-26(27)28/h8-11,15,18-21,29,34H,3-7,12-14H2,1-2H3,(H,31,36)(H,32,37)(H,33,35)(H,38,39)(H4,27,28,30). The van der Waals surface area contributed by atoms with Crippen LogP contribution in [0.4, 0.5) is 0 Å². The van der Waals surface area contributed by atoms with Crippen molar-refractivity contribution in [3.05, 3.63) is 29.8 Å². The SMILES string of the molecule is CCC(C)C(NC(=O)C1CCCN1)C(=O)NC(Cc1ccc(O)cc1)C(=O)NC(CCCN=C(N)N)C(=O)O. The van der Waals surface area contributed by atoms with Gasteiger partial charge in [-0.1, -0.05) is 32.4 Å². The largest absolute Gasteiger partial charge is 0.508 e. The first kappa shape index (κ1) is 31.3. The number of phenols is 1. The lowest BCUT2D eigenvalue weighted by Crippen LogP contribution is -2.59. The van der Waals surface area contributed by atoms with Crippen LogP contribution >= 0.6 is 0 Å². The van der Waals surface area contributed by atoms with Crippen LogP contribution in [0.2, 0.25) is 0 Å². The second-order valence-corrected chi connectivity index (χ2v) is 9.80. The number of rotatable bonds is 15. The van der Waals surface area contributed by atoms with Crippen LogP contribution in [0.25, 0.3) is 0 Å². The average Bonchev–Trinajstić information content (AvgIpc) is 3.44. The molecule has 1 aliphatic heterocycles. The molecule has 2 rings (SSSR count). The van der Waals surface area contributed by atoms with Crippen LogP contribution in [0.3, 0.4) is 0 Å². The number of carboxylic acid groups (broad SMARTS) is 1. The smallest absolute Gasteiger partial charge is 0.326 e. The minimum atomic E-state index is -1.24. The average molecular weight is 548 g/mol. The van der Waals surface area contributed by atoms with Crippen molar-refractivity contribution < 1.29 is 29.4 Å². The monoisotopic (exact) mass is 547 g/mol. The summed E-state index contributed by atoms with van der Waals surface area (Å²) >= 11 is 0. The van der Waals surface area contributed by atoms with Gasteiger partial charge >= 0.3 is 5.97 Å². The lowest BCUT2D eigenvalue weighted by molar-refractivity contribution is -0.142. The number of phenolic OH excluding ortho intramolecular Hbond substituents is 1. The molecule has 0 aromatic heterocycles. The fourth-order valence-electron chi connectivity index (χ4n) is 4.24. The quantitative estimate of drug-likeness (QED) is 0.0791. The van der Waals surface area contributed by atoms with E-state index in [0.717, 1.165) is 13.0 Å². The highest BCUT2D eigenvalue weighted by molar-refractivity contribution is 5.94. The summed E-state index contributed by atoms with van der Waals surface area (Å²) in [6, 6.07) is 2.46. The summed E-state index contributed by atoms with van der Waals surface area (Å²) in [5.41, 5.74) is 11.2. The van der Waals surface area contributed by atoms with Crippen LogP contribution in [0.15, 0.2) is 29.3 Å². The molecule has 0 aliphatic carbocycles. The normalized spacial score (nSPS) is 17.7. The Morgan fingerprint density at radius 1 is 1.08 bits per heavy atom. The molecule has 216 valence electrons. The summed E-state index contributed by atoms with van der Waals surface area (Å²) < 4.78 is 0. The first-order valence-corrected chi connectivity index (χ1v) is 13.2. The minimum Gasteiger partial charge on any atom is -0.508 e. The van der Waals surface area contributed by atoms with Gasteiger partial charge in [-0.05, 0) is 55.8 Å². The number of carbonyl (C=O) groups is 4. The van der Waals surface area contributed by atoms with Crippen LogP contribution in [-0.2, 0) is 25.6 Å². The summed E-state index contributed by atoms with van der Waals surface area (Å²) in [6.45, 7) is 4.65. The van der Waals surface area contributed by atoms with Gasteiger partial charge in [0.15, 0.2) is 5.96 Å². The maximum absolute atomic E-state index is 13.4. The summed E-state index contributed by atoms with van der Waals surface area (Å²) in [7, 11) is 0. The Bertz CT molecular complexity index is 1010. The number of nitrogens with two attached hydrogens (primary N) is 2. The molecule has 1 fully saturated rings. The van der Waals surface area contributed by atoms with Crippen molar-refractivity contribution >= 4 is 29.7 Å². The van der Waals surface area contributed by atoms with E-state index in [1.807, 2.05) is 13.8 Å². The van der Waals surface area contributed by atoms with E-state index >= 15 is 0 Å². The lowest BCUT2D eigenvalue weighted by Gasteiger charge is -2.28. The van der Waals surface area contributed by atoms with Gasteiger partial charge in [0.25, 0.3) is 0 Å². The fraction of sp³-hybridized carbons (Fsp3) is 0.577. The molecule has 1 heterocycles. The number of carboxylic acids is 1. The molecule has 1 aromatic rings. The molecule has 0 bridgehead atoms. The highest BCUT2D eigenvalue weighted by Crippen LogP contribution is 2.14. The summed E-state index contributed by atoms with van der Waals surface area (Å²) in [4.78, 5) is 55.1. The van der Waals surface area contributed by atoms with E-state index in [2.05, 4.69) is 26.3 Å². The molecular weight excluding hydrogens is 506 g/mol. The molecule has 1 aromatic carbocycles. The van der Waals surface area contributed by atoms with Gasteiger partial charge in [0.1, 0.15) is 23.9 Å². The molecule has 0 spiro atoms. The van der Waals surface area contributed by atoms with Crippen molar-refractivity contribution in [2.75, 3.05) is 13.1 Å². The number of amides is 3. The molecule has 13 nitrogen and oxygen atoms in total. The molecular formula is C26H41N7O6. The zero-order chi connectivity index (χ0) is 28.9. The predicted molar refractivity (Wildman–Crippen MR) is 146 cm³/mol. The number of nitrogens with one attached hydrogen (secondary N) is 4. The molecule has 3 amide bonds. The van der Waals surface area contributed by atoms with Crippen molar-refractivity contribution in [1.29, 1.82) is 0 Å². The Morgan fingerprint density at radius 3 is 2.31 bits per heavy atom. The molecule has 1 saturated heterocycles. The number of carbonyl (C=O) groups excluding carboxylic acids is 3. The van der Waals surface area contributed by atoms with E-state index in [-0.39, 0.29) is 49.0 Å². The van der Waals surface area contributed by atoms with Gasteiger partial charge < -0.3 is 42.9 Å². The van der Waals surface area contributed by atoms with Crippen molar-refractivity contribution in [2.45, 2.75) is 76.5 Å². The van der Waals surface area contributed by atoms with Gasteiger partial charge in [0.05, 0.1) is 6.04 Å². The molecule has 10 N–H and O–H groups in total. The van der Waals surface area contributed by atoms with Gasteiger partial charge in [0.2, 0.25) is 17.7 Å². The number of hydrogen-bond donors (Lipinski definition) is 8. The predicted octanol–water partition coefficient (Wildman–Crippen LogP) is -0.675. The molecule has 0 radical (unpaired) electrons. The van der Waals surface area contributed by atoms with Crippen molar-refractivity contribution in [3.63, 3.8) is 0 Å². The molecule has 13 heteroatoms. The van der Waals surface area contributed by atoms with Gasteiger partial charge in [0, 0.05) is 13.0 Å². The summed E-state index contributed by atoms with van der Waals surface area (Å²) in [5, 5.41) is 30.4. The number of aliphatic carboxylic acids is 1. The van der Waals surface area contributed by atoms with E-state index in [9.17, 15) is 29.4 Å². The number of nitrogens with zero attached hydrogens (tertiary/aromatic N) is 1. The number of aliphatic imine (C=N–C) groups is 1. The molecule has 0 saturated carbocycles. The van der Waals surface area contributed by atoms with Crippen molar-refractivity contribution in [2.24, 2.45) is 22.4 Å². The molecule has 39 heavy (non-hydrogen) atoms. The first-order chi connectivity index (χ1) is 18.5. The number of benzene rings is 1. The number of aromatic hydroxyl groups is 1. The van der Waals surface area contributed by atoms with Gasteiger partial charge in [-0.2, -0.15) is 0 Å². The van der Waals surface area contributed by atoms with Crippen LogP contribution in [-0.4, -0.2) is 77.1 Å². The maximum Gasteiger partial charge on any atom is 0.326 e. The van der Waals surface area contributed by atoms with Crippen LogP contribution in [0.1, 0.15) is 51.5 Å². The van der Waals surface area contributed by atoms with Gasteiger partial charge in [-0.25, -0.2) is 4.79 Å². The minimum absolute atomic E-state index is 0.0313. The Morgan fingerprint density at radius 2 is 1.74 bits per heavy atom. The second-order valence-electron chi connectivity index (χ2n) is 9.80. The van der Waals surface area contributed by atoms with E-state index in [4.69, 9.17) is 11.5 Å². The molecule has 5 atom stereocenters. The second kappa shape index (κ2) is 15.5. The van der Waals surface area contributed by atoms with E-state index in [1.54, 1.807) is 12.1 Å². The third kappa shape index (κ3) is 10.4. The molecule has 1 aliphatic rings. The highest BCUT2D eigenvalue weighted by Gasteiger charge is 2.33. The zero-order valence-electron chi connectivity index (χ0n) is 22.5.